The van der Waals surface area contributed by atoms with Gasteiger partial charge in [-0.3, -0.25) is 9.69 Å². The maximum Gasteiger partial charge on any atom is 0.234 e. The molecule has 112 valence electrons. The van der Waals surface area contributed by atoms with Crippen molar-refractivity contribution in [1.82, 2.24) is 10.2 Å². The number of hydrogen-bond donors (Lipinski definition) is 2. The van der Waals surface area contributed by atoms with Gasteiger partial charge in [0.1, 0.15) is 0 Å². The van der Waals surface area contributed by atoms with Crippen molar-refractivity contribution in [3.63, 3.8) is 0 Å². The van der Waals surface area contributed by atoms with Crippen LogP contribution in [0.25, 0.3) is 0 Å². The Hall–Kier alpha value is -0.650. The Morgan fingerprint density at radius 3 is 2.95 bits per heavy atom. The van der Waals surface area contributed by atoms with E-state index in [1.54, 1.807) is 0 Å². The average molecular weight is 271 g/mol. The zero-order chi connectivity index (χ0) is 14.1. The Balaban J connectivity index is 2.12. The van der Waals surface area contributed by atoms with E-state index in [0.29, 0.717) is 32.3 Å². The molecule has 1 atom stereocenters. The summed E-state index contributed by atoms with van der Waals surface area (Å²) in [6, 6.07) is 0.378. The van der Waals surface area contributed by atoms with Gasteiger partial charge in [0.15, 0.2) is 0 Å². The molecule has 0 bridgehead atoms. The highest BCUT2D eigenvalue weighted by molar-refractivity contribution is 5.78. The van der Waals surface area contributed by atoms with Crippen molar-refractivity contribution in [2.24, 2.45) is 5.73 Å². The molecule has 0 aromatic carbocycles. The largest absolute Gasteiger partial charge is 0.379 e. The third-order valence-electron chi connectivity index (χ3n) is 3.46. The molecule has 1 amide bonds. The van der Waals surface area contributed by atoms with Crippen molar-refractivity contribution in [3.8, 4) is 0 Å². The summed E-state index contributed by atoms with van der Waals surface area (Å²) in [7, 11) is 0. The van der Waals surface area contributed by atoms with Gasteiger partial charge >= 0.3 is 0 Å². The minimum Gasteiger partial charge on any atom is -0.379 e. The number of nitrogens with one attached hydrogen (secondary N) is 1. The van der Waals surface area contributed by atoms with E-state index < -0.39 is 0 Å². The van der Waals surface area contributed by atoms with Crippen LogP contribution < -0.4 is 11.1 Å². The number of amides is 1. The molecule has 0 radical (unpaired) electrons. The molecule has 1 unspecified atom stereocenters. The van der Waals surface area contributed by atoms with Gasteiger partial charge in [0, 0.05) is 25.7 Å². The molecule has 0 spiro atoms. The van der Waals surface area contributed by atoms with Gasteiger partial charge in [-0.2, -0.15) is 0 Å². The van der Waals surface area contributed by atoms with Crippen LogP contribution in [0.15, 0.2) is 0 Å². The number of carbonyl (C=O) groups is 1. The second-order valence-corrected chi connectivity index (χ2v) is 5.48. The van der Waals surface area contributed by atoms with Gasteiger partial charge in [-0.15, -0.1) is 0 Å². The third kappa shape index (κ3) is 6.89. The molecule has 1 fully saturated rings. The summed E-state index contributed by atoms with van der Waals surface area (Å²) in [6.45, 7) is 7.54. The number of likely N-dealkylation sites (tertiary alicyclic amines) is 1. The molecule has 1 aliphatic heterocycles. The number of nitrogens with zero attached hydrogens (tertiary/aromatic N) is 1. The van der Waals surface area contributed by atoms with Gasteiger partial charge in [-0.05, 0) is 39.7 Å². The molecule has 5 heteroatoms. The van der Waals surface area contributed by atoms with Gasteiger partial charge < -0.3 is 15.8 Å². The number of nitrogens with two attached hydrogens (primary N) is 1. The molecule has 0 saturated carbocycles. The molecule has 5 nitrogen and oxygen atoms in total. The molecule has 1 rings (SSSR count). The normalized spacial score (nSPS) is 20.7. The fraction of sp³-hybridized carbons (Fsp3) is 0.929. The Morgan fingerprint density at radius 2 is 2.26 bits per heavy atom. The number of piperidine rings is 1. The van der Waals surface area contributed by atoms with Gasteiger partial charge in [-0.25, -0.2) is 0 Å². The van der Waals surface area contributed by atoms with E-state index in [1.807, 2.05) is 13.8 Å². The van der Waals surface area contributed by atoms with Crippen LogP contribution in [0, 0.1) is 0 Å². The third-order valence-corrected chi connectivity index (χ3v) is 3.46. The quantitative estimate of drug-likeness (QED) is 0.639. The monoisotopic (exact) mass is 271 g/mol. The molecule has 0 aromatic heterocycles. The van der Waals surface area contributed by atoms with E-state index in [4.69, 9.17) is 10.5 Å². The van der Waals surface area contributed by atoms with Crippen LogP contribution >= 0.6 is 0 Å². The minimum absolute atomic E-state index is 0.102. The lowest BCUT2D eigenvalue weighted by Crippen LogP contribution is -2.48. The highest BCUT2D eigenvalue weighted by Gasteiger charge is 2.22. The van der Waals surface area contributed by atoms with Gasteiger partial charge in [0.2, 0.25) is 5.91 Å². The van der Waals surface area contributed by atoms with Crippen LogP contribution in [-0.4, -0.2) is 55.7 Å². The first kappa shape index (κ1) is 16.4. The summed E-state index contributed by atoms with van der Waals surface area (Å²) in [5.74, 6) is 0.102. The zero-order valence-corrected chi connectivity index (χ0v) is 12.4. The highest BCUT2D eigenvalue weighted by atomic mass is 16.5. The molecule has 1 heterocycles. The van der Waals surface area contributed by atoms with E-state index in [2.05, 4.69) is 10.2 Å². The van der Waals surface area contributed by atoms with Gasteiger partial charge in [-0.1, -0.05) is 6.42 Å². The Labute approximate surface area is 116 Å². The van der Waals surface area contributed by atoms with Crippen LogP contribution in [0.2, 0.25) is 0 Å². The maximum absolute atomic E-state index is 11.8. The summed E-state index contributed by atoms with van der Waals surface area (Å²) in [5, 5.41) is 2.95. The molecule has 0 aromatic rings. The molecular weight excluding hydrogens is 242 g/mol. The lowest BCUT2D eigenvalue weighted by Gasteiger charge is -2.34. The predicted octanol–water partition coefficient (Wildman–Crippen LogP) is 0.731. The van der Waals surface area contributed by atoms with E-state index in [1.165, 1.54) is 12.8 Å². The summed E-state index contributed by atoms with van der Waals surface area (Å²) in [5.41, 5.74) is 5.75. The standard InChI is InChI=1S/C14H29N3O2/c1-12(2)19-9-5-7-16-14(18)11-17-8-4-3-6-13(17)10-15/h12-13H,3-11,15H2,1-2H3,(H,16,18). The SMILES string of the molecule is CC(C)OCCCNC(=O)CN1CCCCC1CN. The van der Waals surface area contributed by atoms with Crippen molar-refractivity contribution in [2.75, 3.05) is 32.8 Å². The fourth-order valence-electron chi connectivity index (χ4n) is 2.39. The topological polar surface area (TPSA) is 67.6 Å². The first-order chi connectivity index (χ1) is 9.13. The predicted molar refractivity (Wildman–Crippen MR) is 77.0 cm³/mol. The Kier molecular flexibility index (Phi) is 8.02. The van der Waals surface area contributed by atoms with Crippen molar-refractivity contribution in [2.45, 2.75) is 51.7 Å². The zero-order valence-electron chi connectivity index (χ0n) is 12.4. The fourth-order valence-corrected chi connectivity index (χ4v) is 2.39. The van der Waals surface area contributed by atoms with Crippen molar-refractivity contribution in [1.29, 1.82) is 0 Å². The van der Waals surface area contributed by atoms with E-state index in [-0.39, 0.29) is 12.0 Å². The second kappa shape index (κ2) is 9.28. The number of carbonyl (C=O) groups excluding carboxylic acids is 1. The minimum atomic E-state index is 0.102. The van der Waals surface area contributed by atoms with Crippen molar-refractivity contribution in [3.05, 3.63) is 0 Å². The van der Waals surface area contributed by atoms with E-state index in [9.17, 15) is 4.79 Å². The molecule has 1 saturated heterocycles. The summed E-state index contributed by atoms with van der Waals surface area (Å²) in [4.78, 5) is 14.0. The van der Waals surface area contributed by atoms with Crippen molar-refractivity contribution < 1.29 is 9.53 Å². The molecule has 1 aliphatic rings. The Morgan fingerprint density at radius 1 is 1.47 bits per heavy atom. The first-order valence-electron chi connectivity index (χ1n) is 7.46. The van der Waals surface area contributed by atoms with Crippen molar-refractivity contribution >= 4 is 5.91 Å². The smallest absolute Gasteiger partial charge is 0.234 e. The average Bonchev–Trinajstić information content (AvgIpc) is 2.38. The lowest BCUT2D eigenvalue weighted by molar-refractivity contribution is -0.123. The summed E-state index contributed by atoms with van der Waals surface area (Å²) < 4.78 is 5.43. The molecular formula is C14H29N3O2. The summed E-state index contributed by atoms with van der Waals surface area (Å²) in [6.07, 6.45) is 4.64. The highest BCUT2D eigenvalue weighted by Crippen LogP contribution is 2.15. The van der Waals surface area contributed by atoms with Crippen LogP contribution in [0.5, 0.6) is 0 Å². The molecule has 0 aliphatic carbocycles. The van der Waals surface area contributed by atoms with Gasteiger partial charge in [0.05, 0.1) is 12.6 Å². The van der Waals surface area contributed by atoms with Crippen LogP contribution in [0.4, 0.5) is 0 Å². The maximum atomic E-state index is 11.8. The van der Waals surface area contributed by atoms with Crippen LogP contribution in [0.1, 0.15) is 39.5 Å². The van der Waals surface area contributed by atoms with E-state index in [0.717, 1.165) is 19.4 Å². The lowest BCUT2D eigenvalue weighted by atomic mass is 10.0. The van der Waals surface area contributed by atoms with E-state index >= 15 is 0 Å². The first-order valence-corrected chi connectivity index (χ1v) is 7.46. The second-order valence-electron chi connectivity index (χ2n) is 5.48. The number of hydrogen-bond acceptors (Lipinski definition) is 4. The molecule has 19 heavy (non-hydrogen) atoms. The van der Waals surface area contributed by atoms with Crippen LogP contribution in [-0.2, 0) is 9.53 Å². The number of rotatable bonds is 8. The molecule has 3 N–H and O–H groups in total. The number of ether oxygens (including phenoxy) is 1. The van der Waals surface area contributed by atoms with Gasteiger partial charge in [0.25, 0.3) is 0 Å². The Bertz CT molecular complexity index is 259. The summed E-state index contributed by atoms with van der Waals surface area (Å²) >= 11 is 0. The van der Waals surface area contributed by atoms with Crippen LogP contribution in [0.3, 0.4) is 0 Å².